The molecular formula is C64H83BrF3N19O9. The summed E-state index contributed by atoms with van der Waals surface area (Å²) in [6.07, 6.45) is 2.29. The van der Waals surface area contributed by atoms with Crippen molar-refractivity contribution >= 4 is 68.8 Å². The molecule has 9 amide bonds. The van der Waals surface area contributed by atoms with Crippen molar-refractivity contribution in [3.05, 3.63) is 133 Å². The number of hydrogen-bond donors (Lipinski definition) is 3. The first kappa shape index (κ1) is 70.3. The Morgan fingerprint density at radius 3 is 1.17 bits per heavy atom. The van der Waals surface area contributed by atoms with Gasteiger partial charge >= 0.3 is 18.1 Å². The number of hydroxylamine groups is 6. The van der Waals surface area contributed by atoms with Crippen LogP contribution in [-0.4, -0.2) is 234 Å². The number of nitrogens with zero attached hydrogens (tertiary/aromatic N) is 16. The van der Waals surface area contributed by atoms with Gasteiger partial charge in [0.1, 0.15) is 51.6 Å². The number of nitrogens with one attached hydrogen (secondary N) is 3. The molecule has 2 aromatic carbocycles. The van der Waals surface area contributed by atoms with Gasteiger partial charge in [-0.2, -0.15) is 15.3 Å². The van der Waals surface area contributed by atoms with E-state index in [1.54, 1.807) is 75.9 Å². The molecule has 3 N–H and O–H groups in total. The van der Waals surface area contributed by atoms with Gasteiger partial charge in [0.05, 0.1) is 62.0 Å². The van der Waals surface area contributed by atoms with Crippen molar-refractivity contribution < 1.29 is 56.5 Å². The molecule has 0 unspecified atom stereocenters. The zero-order chi connectivity index (χ0) is 69.5. The van der Waals surface area contributed by atoms with Crippen LogP contribution >= 0.6 is 15.9 Å². The van der Waals surface area contributed by atoms with E-state index in [-0.39, 0.29) is 108 Å². The average molecular weight is 1400 g/mol. The van der Waals surface area contributed by atoms with Crippen LogP contribution in [0.2, 0.25) is 0 Å². The maximum Gasteiger partial charge on any atom is 0.322 e. The van der Waals surface area contributed by atoms with E-state index in [1.165, 1.54) is 51.7 Å². The second-order valence-corrected chi connectivity index (χ2v) is 26.7. The Balaban J connectivity index is 0.000000157. The van der Waals surface area contributed by atoms with E-state index in [0.717, 1.165) is 28.2 Å². The number of anilines is 3. The van der Waals surface area contributed by atoms with Gasteiger partial charge in [0.15, 0.2) is 5.82 Å². The maximum atomic E-state index is 14.3. The fourth-order valence-electron chi connectivity index (χ4n) is 12.7. The predicted octanol–water partition coefficient (Wildman–Crippen LogP) is 6.62. The highest BCUT2D eigenvalue weighted by molar-refractivity contribution is 9.10. The first-order valence-electron chi connectivity index (χ1n) is 31.5. The van der Waals surface area contributed by atoms with Gasteiger partial charge < -0.3 is 45.3 Å². The number of rotatable bonds is 9. The summed E-state index contributed by atoms with van der Waals surface area (Å²) in [7, 11) is 16.5. The van der Waals surface area contributed by atoms with Crippen LogP contribution in [-0.2, 0) is 73.0 Å². The largest absolute Gasteiger partial charge is 0.322 e. The third-order valence-electron chi connectivity index (χ3n) is 17.4. The molecule has 0 spiro atoms. The number of aromatic nitrogens is 7. The van der Waals surface area contributed by atoms with Gasteiger partial charge in [0.2, 0.25) is 0 Å². The Hall–Kier alpha value is -8.53. The Morgan fingerprint density at radius 1 is 0.531 bits per heavy atom. The fraction of sp³-hybridized carbons (Fsp3) is 0.500. The zero-order valence-corrected chi connectivity index (χ0v) is 58.0. The van der Waals surface area contributed by atoms with Crippen molar-refractivity contribution in [2.75, 3.05) is 99.0 Å². The summed E-state index contributed by atoms with van der Waals surface area (Å²) < 4.78 is 46.6. The summed E-state index contributed by atoms with van der Waals surface area (Å²) in [5.74, 6) is -2.14. The third-order valence-corrected chi connectivity index (χ3v) is 17.9. The van der Waals surface area contributed by atoms with E-state index < -0.39 is 11.8 Å². The van der Waals surface area contributed by atoms with Crippen LogP contribution in [0.15, 0.2) is 53.3 Å². The first-order valence-corrected chi connectivity index (χ1v) is 32.3. The lowest BCUT2D eigenvalue weighted by Gasteiger charge is -2.33. The normalized spacial score (nSPS) is 20.8. The van der Waals surface area contributed by atoms with E-state index in [1.807, 2.05) is 77.8 Å². The van der Waals surface area contributed by atoms with Gasteiger partial charge in [-0.1, -0.05) is 0 Å². The Labute approximate surface area is 563 Å². The highest BCUT2D eigenvalue weighted by Crippen LogP contribution is 2.34. The molecule has 0 fully saturated rings. The number of amides is 9. The molecule has 0 saturated heterocycles. The maximum absolute atomic E-state index is 14.3. The summed E-state index contributed by atoms with van der Waals surface area (Å²) in [5.41, 5.74) is 8.00. The number of benzene rings is 2. The van der Waals surface area contributed by atoms with Gasteiger partial charge in [-0.15, -0.1) is 0 Å². The SMILES string of the molecule is C[C@@H]1Cc2nn3c(c2CN1C(=O)Nc1ccnc(Br)c1F)C(=O)N(C)O[C@@H](CN(C)C)C3.Cc1cc(NC(=O)N2Cc3c(nn4c3C(=O)N(C)O[C@@H](CN(C)C)C4)C[C@H]2C)ccc1F.Cc1cc(NC(=O)N2Cc3c(nn4c3C(=O)N(C)O[C@H](CN(C)C)C4)C[C@H]2C)ccc1F. The molecule has 6 atom stereocenters. The van der Waals surface area contributed by atoms with Crippen molar-refractivity contribution in [1.29, 1.82) is 0 Å². The highest BCUT2D eigenvalue weighted by Gasteiger charge is 2.42. The minimum Gasteiger partial charge on any atom is -0.317 e. The van der Waals surface area contributed by atoms with Crippen molar-refractivity contribution in [2.45, 2.75) is 130 Å². The van der Waals surface area contributed by atoms with E-state index in [0.29, 0.717) is 104 Å². The second kappa shape index (κ2) is 29.0. The number of urea groups is 3. The smallest absolute Gasteiger partial charge is 0.317 e. The van der Waals surface area contributed by atoms with Crippen LogP contribution in [0.1, 0.15) is 97.1 Å². The van der Waals surface area contributed by atoms with Gasteiger partial charge in [-0.25, -0.2) is 47.7 Å². The van der Waals surface area contributed by atoms with Crippen LogP contribution in [0.3, 0.4) is 0 Å². The molecule has 28 nitrogen and oxygen atoms in total. The lowest BCUT2D eigenvalue weighted by atomic mass is 9.99. The first-order chi connectivity index (χ1) is 45.4. The average Bonchev–Trinajstić information content (AvgIpc) is 1.62. The van der Waals surface area contributed by atoms with E-state index in [9.17, 15) is 41.9 Å². The van der Waals surface area contributed by atoms with E-state index >= 15 is 0 Å². The molecule has 0 bridgehead atoms. The van der Waals surface area contributed by atoms with Crippen LogP contribution in [0.4, 0.5) is 44.6 Å². The standard InChI is InChI=1S/2C22H29FN6O3.C20H25BrFN7O3/c2*1-13-8-15(6-7-18(13)23)24-22(31)28-12-17-19(9-14(28)2)25-29-11-16(10-26(3)4)32-27(5)21(30)20(17)29;1-11-7-15-13(10-28(11)20(31)24-14-5-6-23-18(21)16(14)22)17-19(30)27(4)32-12(8-26(2)3)9-29(17)25-15/h2*6-8,14,16H,9-12H2,1-5H3,(H,24,31);5-6,11-12H,7-10H2,1-4H3,(H,23,24,31)/t14-,16+;14-,16-;11-,12+/m111/s1. The molecule has 0 aliphatic carbocycles. The summed E-state index contributed by atoms with van der Waals surface area (Å²) in [6, 6.07) is 8.86. The second-order valence-electron chi connectivity index (χ2n) is 26.0. The van der Waals surface area contributed by atoms with Gasteiger partial charge in [-0.3, -0.25) is 42.9 Å². The molecule has 96 heavy (non-hydrogen) atoms. The van der Waals surface area contributed by atoms with Crippen molar-refractivity contribution in [2.24, 2.45) is 0 Å². The summed E-state index contributed by atoms with van der Waals surface area (Å²) in [4.78, 5) is 110. The topological polar surface area (TPSA) is 262 Å². The number of carbonyl (C=O) groups excluding carboxylic acids is 6. The fourth-order valence-corrected chi connectivity index (χ4v) is 13.0. The minimum absolute atomic E-state index is 0.0205. The van der Waals surface area contributed by atoms with Crippen LogP contribution < -0.4 is 16.0 Å². The van der Waals surface area contributed by atoms with Crippen LogP contribution in [0.5, 0.6) is 0 Å². The number of aryl methyl sites for hydroxylation is 2. The lowest BCUT2D eigenvalue weighted by Crippen LogP contribution is -2.45. The van der Waals surface area contributed by atoms with Crippen LogP contribution in [0.25, 0.3) is 0 Å². The van der Waals surface area contributed by atoms with Gasteiger partial charge in [0, 0.05) is 112 Å². The van der Waals surface area contributed by atoms with Gasteiger partial charge in [0.25, 0.3) is 17.7 Å². The third kappa shape index (κ3) is 15.3. The summed E-state index contributed by atoms with van der Waals surface area (Å²) in [5, 5.41) is 26.2. The molecular weight excluding hydrogens is 1320 g/mol. The minimum atomic E-state index is -0.647. The number of pyridine rings is 1. The zero-order valence-electron chi connectivity index (χ0n) is 56.4. The number of halogens is 4. The quantitative estimate of drug-likeness (QED) is 0.129. The molecule has 0 saturated carbocycles. The van der Waals surface area contributed by atoms with Gasteiger partial charge in [-0.05, 0) is 146 Å². The predicted molar refractivity (Wildman–Crippen MR) is 351 cm³/mol. The summed E-state index contributed by atoms with van der Waals surface area (Å²) in [6.45, 7) is 13.0. The molecule has 32 heteroatoms. The van der Waals surface area contributed by atoms with Crippen molar-refractivity contribution in [1.82, 2.24) is 78.9 Å². The molecule has 10 heterocycles. The Kier molecular flexibility index (Phi) is 21.3. The number of fused-ring (bicyclic) bond motifs is 9. The molecule has 4 aromatic heterocycles. The molecule has 6 aliphatic rings. The van der Waals surface area contributed by atoms with Crippen LogP contribution in [0, 0.1) is 31.3 Å². The number of hydrogen-bond acceptors (Lipinski definition) is 16. The molecule has 6 aromatic rings. The molecule has 12 rings (SSSR count). The lowest BCUT2D eigenvalue weighted by molar-refractivity contribution is -0.152. The highest BCUT2D eigenvalue weighted by atomic mass is 79.9. The van der Waals surface area contributed by atoms with E-state index in [4.69, 9.17) is 24.7 Å². The molecule has 516 valence electrons. The molecule has 6 aliphatic heterocycles. The van der Waals surface area contributed by atoms with Crippen molar-refractivity contribution in [3.8, 4) is 0 Å². The summed E-state index contributed by atoms with van der Waals surface area (Å²) >= 11 is 3.02. The molecule has 0 radical (unpaired) electrons. The van der Waals surface area contributed by atoms with Crippen molar-refractivity contribution in [3.63, 3.8) is 0 Å². The van der Waals surface area contributed by atoms with E-state index in [2.05, 4.69) is 42.0 Å². The Bertz CT molecular complexity index is 3790. The monoisotopic (exact) mass is 1400 g/mol. The number of likely N-dealkylation sites (N-methyl/N-ethyl adjacent to an activating group) is 3. The Morgan fingerprint density at radius 2 is 0.854 bits per heavy atom. The number of carbonyl (C=O) groups is 6.